The first-order chi connectivity index (χ1) is 13.6. The van der Waals surface area contributed by atoms with Crippen LogP contribution in [0.5, 0.6) is 0 Å². The number of nitrogens with one attached hydrogen (secondary N) is 1. The van der Waals surface area contributed by atoms with Gasteiger partial charge in [-0.1, -0.05) is 72.5 Å². The lowest BCUT2D eigenvalue weighted by Gasteiger charge is -2.47. The third-order valence-corrected chi connectivity index (χ3v) is 6.99. The van der Waals surface area contributed by atoms with Gasteiger partial charge < -0.3 is 10.1 Å². The summed E-state index contributed by atoms with van der Waals surface area (Å²) in [5, 5.41) is 3.72. The van der Waals surface area contributed by atoms with Gasteiger partial charge in [0.15, 0.2) is 0 Å². The third-order valence-electron chi connectivity index (χ3n) is 6.99. The van der Waals surface area contributed by atoms with Gasteiger partial charge in [-0.15, -0.1) is 0 Å². The molecule has 2 nitrogen and oxygen atoms in total. The summed E-state index contributed by atoms with van der Waals surface area (Å²) in [6.07, 6.45) is 8.67. The van der Waals surface area contributed by atoms with E-state index in [2.05, 4.69) is 67.7 Å². The van der Waals surface area contributed by atoms with E-state index in [0.29, 0.717) is 0 Å². The second-order valence-corrected chi connectivity index (χ2v) is 9.23. The normalized spacial score (nSPS) is 23.9. The Kier molecular flexibility index (Phi) is 5.89. The molecule has 1 aliphatic heterocycles. The Morgan fingerprint density at radius 3 is 2.43 bits per heavy atom. The first-order valence-corrected chi connectivity index (χ1v) is 11.1. The Morgan fingerprint density at radius 2 is 1.68 bits per heavy atom. The predicted molar refractivity (Wildman–Crippen MR) is 117 cm³/mol. The van der Waals surface area contributed by atoms with Crippen molar-refractivity contribution in [3.63, 3.8) is 0 Å². The van der Waals surface area contributed by atoms with Crippen LogP contribution in [0.2, 0.25) is 0 Å². The molecule has 1 saturated carbocycles. The van der Waals surface area contributed by atoms with E-state index in [1.807, 2.05) is 0 Å². The van der Waals surface area contributed by atoms with Gasteiger partial charge in [0.05, 0.1) is 5.60 Å². The highest BCUT2D eigenvalue weighted by Gasteiger charge is 2.47. The standard InChI is InChI=1S/C26H35NO/c1-21-7-5-9-23(17-21)19-27-15-13-25(24-10-6-8-22(2)18-24)14-16-28-26(20-25)11-3-4-12-26/h5-10,17-18,27H,3-4,11-16,19-20H2,1-2H3/t25-/m0/s1. The van der Waals surface area contributed by atoms with Crippen LogP contribution in [0.15, 0.2) is 48.5 Å². The minimum absolute atomic E-state index is 0.137. The number of rotatable bonds is 6. The van der Waals surface area contributed by atoms with E-state index in [4.69, 9.17) is 4.74 Å². The summed E-state index contributed by atoms with van der Waals surface area (Å²) < 4.78 is 6.40. The van der Waals surface area contributed by atoms with Gasteiger partial charge in [0, 0.05) is 18.6 Å². The average Bonchev–Trinajstić information content (AvgIpc) is 3.13. The molecule has 1 saturated heterocycles. The van der Waals surface area contributed by atoms with Gasteiger partial charge in [0.25, 0.3) is 0 Å². The molecule has 1 N–H and O–H groups in total. The summed E-state index contributed by atoms with van der Waals surface area (Å²) >= 11 is 0. The van der Waals surface area contributed by atoms with Crippen molar-refractivity contribution in [2.75, 3.05) is 13.2 Å². The van der Waals surface area contributed by atoms with E-state index in [1.54, 1.807) is 0 Å². The SMILES string of the molecule is Cc1cccc(CNCC[C@]2(c3cccc(C)c3)CCOC3(CCCC3)C2)c1. The van der Waals surface area contributed by atoms with E-state index < -0.39 is 0 Å². The molecular weight excluding hydrogens is 342 g/mol. The van der Waals surface area contributed by atoms with Crippen molar-refractivity contribution in [1.82, 2.24) is 5.32 Å². The first kappa shape index (κ1) is 19.7. The first-order valence-electron chi connectivity index (χ1n) is 11.1. The maximum atomic E-state index is 6.40. The van der Waals surface area contributed by atoms with E-state index in [0.717, 1.165) is 26.1 Å². The Labute approximate surface area is 170 Å². The van der Waals surface area contributed by atoms with Crippen LogP contribution in [-0.2, 0) is 16.7 Å². The molecule has 2 heteroatoms. The monoisotopic (exact) mass is 377 g/mol. The summed E-state index contributed by atoms with van der Waals surface area (Å²) in [7, 11) is 0. The molecule has 28 heavy (non-hydrogen) atoms. The fourth-order valence-electron chi connectivity index (χ4n) is 5.52. The Morgan fingerprint density at radius 1 is 0.929 bits per heavy atom. The third kappa shape index (κ3) is 4.34. The topological polar surface area (TPSA) is 21.3 Å². The second kappa shape index (κ2) is 8.39. The molecular formula is C26H35NO. The summed E-state index contributed by atoms with van der Waals surface area (Å²) in [5.41, 5.74) is 6.00. The molecule has 1 atom stereocenters. The van der Waals surface area contributed by atoms with Crippen molar-refractivity contribution in [1.29, 1.82) is 0 Å². The number of ether oxygens (including phenoxy) is 1. The number of hydrogen-bond donors (Lipinski definition) is 1. The summed E-state index contributed by atoms with van der Waals surface area (Å²) in [5.74, 6) is 0. The molecule has 2 aliphatic rings. The van der Waals surface area contributed by atoms with E-state index in [-0.39, 0.29) is 11.0 Å². The Hall–Kier alpha value is -1.64. The fourth-order valence-corrected chi connectivity index (χ4v) is 5.52. The lowest BCUT2D eigenvalue weighted by Crippen LogP contribution is -2.47. The molecule has 0 amide bonds. The highest BCUT2D eigenvalue weighted by Crippen LogP contribution is 2.50. The van der Waals surface area contributed by atoms with Crippen LogP contribution in [-0.4, -0.2) is 18.8 Å². The fraction of sp³-hybridized carbons (Fsp3) is 0.538. The zero-order chi connectivity index (χ0) is 19.5. The number of aryl methyl sites for hydroxylation is 2. The van der Waals surface area contributed by atoms with Crippen molar-refractivity contribution in [2.45, 2.75) is 76.4 Å². The molecule has 0 aromatic heterocycles. The van der Waals surface area contributed by atoms with Crippen molar-refractivity contribution in [2.24, 2.45) is 0 Å². The van der Waals surface area contributed by atoms with Crippen molar-refractivity contribution >= 4 is 0 Å². The quantitative estimate of drug-likeness (QED) is 0.638. The van der Waals surface area contributed by atoms with Crippen LogP contribution in [0.3, 0.4) is 0 Å². The van der Waals surface area contributed by atoms with Gasteiger partial charge in [-0.2, -0.15) is 0 Å². The van der Waals surface area contributed by atoms with Gasteiger partial charge >= 0.3 is 0 Å². The maximum Gasteiger partial charge on any atom is 0.0691 e. The molecule has 2 aromatic carbocycles. The van der Waals surface area contributed by atoms with Crippen LogP contribution in [0, 0.1) is 13.8 Å². The lowest BCUT2D eigenvalue weighted by molar-refractivity contribution is -0.103. The molecule has 0 bridgehead atoms. The van der Waals surface area contributed by atoms with E-state index >= 15 is 0 Å². The van der Waals surface area contributed by atoms with E-state index in [9.17, 15) is 0 Å². The second-order valence-electron chi connectivity index (χ2n) is 9.23. The van der Waals surface area contributed by atoms with Gasteiger partial charge in [0.1, 0.15) is 0 Å². The largest absolute Gasteiger partial charge is 0.375 e. The molecule has 4 rings (SSSR count). The minimum Gasteiger partial charge on any atom is -0.375 e. The predicted octanol–water partition coefficient (Wildman–Crippen LogP) is 5.84. The van der Waals surface area contributed by atoms with Crippen LogP contribution in [0.25, 0.3) is 0 Å². The molecule has 0 unspecified atom stereocenters. The van der Waals surface area contributed by atoms with Gasteiger partial charge in [-0.3, -0.25) is 0 Å². The van der Waals surface area contributed by atoms with Gasteiger partial charge in [-0.25, -0.2) is 0 Å². The summed E-state index contributed by atoms with van der Waals surface area (Å²) in [6.45, 7) is 7.30. The summed E-state index contributed by atoms with van der Waals surface area (Å²) in [4.78, 5) is 0. The smallest absolute Gasteiger partial charge is 0.0691 e. The molecule has 2 aromatic rings. The van der Waals surface area contributed by atoms with Crippen LogP contribution in [0.1, 0.15) is 67.2 Å². The average molecular weight is 378 g/mol. The van der Waals surface area contributed by atoms with Crippen LogP contribution in [0.4, 0.5) is 0 Å². The molecule has 1 spiro atoms. The van der Waals surface area contributed by atoms with Crippen molar-refractivity contribution in [3.8, 4) is 0 Å². The van der Waals surface area contributed by atoms with E-state index in [1.165, 1.54) is 60.8 Å². The number of benzene rings is 2. The zero-order valence-corrected chi connectivity index (χ0v) is 17.6. The van der Waals surface area contributed by atoms with Crippen LogP contribution < -0.4 is 5.32 Å². The molecule has 1 heterocycles. The van der Waals surface area contributed by atoms with Crippen molar-refractivity contribution < 1.29 is 4.74 Å². The molecule has 0 radical (unpaired) electrons. The zero-order valence-electron chi connectivity index (χ0n) is 17.6. The minimum atomic E-state index is 0.137. The maximum absolute atomic E-state index is 6.40. The summed E-state index contributed by atoms with van der Waals surface area (Å²) in [6, 6.07) is 18.1. The highest BCUT2D eigenvalue weighted by atomic mass is 16.5. The molecule has 1 aliphatic carbocycles. The lowest BCUT2D eigenvalue weighted by atomic mass is 9.66. The number of hydrogen-bond acceptors (Lipinski definition) is 2. The van der Waals surface area contributed by atoms with Crippen molar-refractivity contribution in [3.05, 3.63) is 70.8 Å². The van der Waals surface area contributed by atoms with Gasteiger partial charge in [-0.05, 0) is 63.6 Å². The highest BCUT2D eigenvalue weighted by molar-refractivity contribution is 5.31. The molecule has 150 valence electrons. The Balaban J connectivity index is 1.48. The van der Waals surface area contributed by atoms with Gasteiger partial charge in [0.2, 0.25) is 0 Å². The van der Waals surface area contributed by atoms with Crippen LogP contribution >= 0.6 is 0 Å². The molecule has 2 fully saturated rings. The Bertz CT molecular complexity index is 793.